The molecule has 0 saturated carbocycles. The molecule has 3 aromatic rings. The highest BCUT2D eigenvalue weighted by molar-refractivity contribution is 6.13. The molecule has 0 amide bonds. The molecule has 3 rings (SSSR count). The fourth-order valence-corrected chi connectivity index (χ4v) is 4.25. The fraction of sp³-hybridized carbons (Fsp3) is 0.355. The topological polar surface area (TPSA) is 41.9 Å². The molecule has 35 heavy (non-hydrogen) atoms. The summed E-state index contributed by atoms with van der Waals surface area (Å²) in [7, 11) is 0. The van der Waals surface area contributed by atoms with Crippen LogP contribution in [0.1, 0.15) is 55.9 Å². The first-order valence-electron chi connectivity index (χ1n) is 12.8. The number of aliphatic imine (C=N–C) groups is 1. The van der Waals surface area contributed by atoms with Crippen molar-refractivity contribution in [3.8, 4) is 0 Å². The fourth-order valence-electron chi connectivity index (χ4n) is 4.25. The summed E-state index contributed by atoms with van der Waals surface area (Å²) in [5.41, 5.74) is 5.14. The summed E-state index contributed by atoms with van der Waals surface area (Å²) in [6, 6.07) is 28.0. The number of hydrogen-bond donors (Lipinski definition) is 0. The van der Waals surface area contributed by atoms with Gasteiger partial charge in [0.05, 0.1) is 12.3 Å². The van der Waals surface area contributed by atoms with E-state index in [2.05, 4.69) is 43.0 Å². The highest BCUT2D eigenvalue weighted by atomic mass is 16.5. The highest BCUT2D eigenvalue weighted by Gasteiger charge is 2.21. The van der Waals surface area contributed by atoms with Gasteiger partial charge in [0.15, 0.2) is 6.04 Å². The lowest BCUT2D eigenvalue weighted by molar-refractivity contribution is -0.144. The molecule has 0 aliphatic rings. The van der Waals surface area contributed by atoms with Gasteiger partial charge in [-0.15, -0.1) is 0 Å². The molecule has 4 heteroatoms. The van der Waals surface area contributed by atoms with Gasteiger partial charge < -0.3 is 4.74 Å². The average molecular weight is 471 g/mol. The zero-order valence-electron chi connectivity index (χ0n) is 21.3. The van der Waals surface area contributed by atoms with Crippen LogP contribution in [0.2, 0.25) is 0 Å². The van der Waals surface area contributed by atoms with E-state index in [0.717, 1.165) is 54.9 Å². The van der Waals surface area contributed by atoms with Crippen molar-refractivity contribution in [1.29, 1.82) is 0 Å². The van der Waals surface area contributed by atoms with Crippen molar-refractivity contribution in [2.24, 2.45) is 4.99 Å². The monoisotopic (exact) mass is 470 g/mol. The number of esters is 1. The minimum absolute atomic E-state index is 0.294. The normalized spacial score (nSPS) is 11.8. The predicted molar refractivity (Wildman–Crippen MR) is 145 cm³/mol. The number of nitrogens with zero attached hydrogens (tertiary/aromatic N) is 2. The van der Waals surface area contributed by atoms with Gasteiger partial charge in [-0.3, -0.25) is 9.89 Å². The van der Waals surface area contributed by atoms with Crippen LogP contribution in [0.5, 0.6) is 0 Å². The van der Waals surface area contributed by atoms with E-state index in [1.165, 1.54) is 5.56 Å². The van der Waals surface area contributed by atoms with Gasteiger partial charge in [0.2, 0.25) is 0 Å². The minimum Gasteiger partial charge on any atom is -0.464 e. The SMILES string of the molecule is CCCN(CCC)Cc1ccc(CC(N=C(c2ccccc2)c2ccccc2)C(=O)OCC)cc1. The van der Waals surface area contributed by atoms with Crippen LogP contribution >= 0.6 is 0 Å². The van der Waals surface area contributed by atoms with Gasteiger partial charge in [0.25, 0.3) is 0 Å². The molecule has 4 nitrogen and oxygen atoms in total. The molecule has 0 aliphatic carbocycles. The Bertz CT molecular complexity index is 999. The maximum absolute atomic E-state index is 13.0. The largest absolute Gasteiger partial charge is 0.464 e. The van der Waals surface area contributed by atoms with Crippen molar-refractivity contribution >= 4 is 11.7 Å². The third kappa shape index (κ3) is 8.18. The van der Waals surface area contributed by atoms with E-state index in [4.69, 9.17) is 9.73 Å². The maximum atomic E-state index is 13.0. The molecule has 0 spiro atoms. The second-order valence-electron chi connectivity index (χ2n) is 8.77. The highest BCUT2D eigenvalue weighted by Crippen LogP contribution is 2.17. The van der Waals surface area contributed by atoms with Gasteiger partial charge in [0.1, 0.15) is 0 Å². The van der Waals surface area contributed by atoms with E-state index in [1.54, 1.807) is 0 Å². The lowest BCUT2D eigenvalue weighted by Gasteiger charge is -2.21. The molecule has 1 unspecified atom stereocenters. The first kappa shape index (κ1) is 26.4. The molecule has 0 aliphatic heterocycles. The van der Waals surface area contributed by atoms with Crippen LogP contribution in [-0.2, 0) is 22.5 Å². The zero-order valence-corrected chi connectivity index (χ0v) is 21.3. The minimum atomic E-state index is -0.618. The lowest BCUT2D eigenvalue weighted by atomic mass is 10.00. The van der Waals surface area contributed by atoms with E-state index in [9.17, 15) is 4.79 Å². The molecule has 0 N–H and O–H groups in total. The third-order valence-corrected chi connectivity index (χ3v) is 5.88. The van der Waals surface area contributed by atoms with Crippen LogP contribution in [0.3, 0.4) is 0 Å². The van der Waals surface area contributed by atoms with E-state index < -0.39 is 6.04 Å². The number of carbonyl (C=O) groups is 1. The molecule has 0 aromatic heterocycles. The van der Waals surface area contributed by atoms with Crippen LogP contribution in [-0.4, -0.2) is 42.3 Å². The summed E-state index contributed by atoms with van der Waals surface area (Å²) >= 11 is 0. The molecular weight excluding hydrogens is 432 g/mol. The summed E-state index contributed by atoms with van der Waals surface area (Å²) in [6.07, 6.45) is 2.81. The van der Waals surface area contributed by atoms with Gasteiger partial charge in [0, 0.05) is 24.1 Å². The van der Waals surface area contributed by atoms with Gasteiger partial charge in [-0.25, -0.2) is 4.79 Å². The summed E-state index contributed by atoms with van der Waals surface area (Å²) in [5.74, 6) is -0.294. The first-order valence-corrected chi connectivity index (χ1v) is 12.8. The van der Waals surface area contributed by atoms with Crippen molar-refractivity contribution in [2.75, 3.05) is 19.7 Å². The number of hydrogen-bond acceptors (Lipinski definition) is 4. The molecule has 184 valence electrons. The molecule has 3 aromatic carbocycles. The smallest absolute Gasteiger partial charge is 0.331 e. The summed E-state index contributed by atoms with van der Waals surface area (Å²) in [5, 5.41) is 0. The Balaban J connectivity index is 1.87. The molecule has 0 fully saturated rings. The lowest BCUT2D eigenvalue weighted by Crippen LogP contribution is -2.26. The van der Waals surface area contributed by atoms with E-state index >= 15 is 0 Å². The van der Waals surface area contributed by atoms with Gasteiger partial charge >= 0.3 is 5.97 Å². The zero-order chi connectivity index (χ0) is 24.9. The standard InChI is InChI=1S/C31H38N2O2/c1-4-21-33(22-5-2)24-26-19-17-25(18-20-26)23-29(31(34)35-6-3)32-30(27-13-9-7-10-14-27)28-15-11-8-12-16-28/h7-20,29H,4-6,21-24H2,1-3H3. The molecule has 0 heterocycles. The van der Waals surface area contributed by atoms with Crippen LogP contribution in [0, 0.1) is 0 Å². The Kier molecular flexibility index (Phi) is 10.7. The van der Waals surface area contributed by atoms with Gasteiger partial charge in [-0.05, 0) is 44.0 Å². The quantitative estimate of drug-likeness (QED) is 0.217. The second-order valence-corrected chi connectivity index (χ2v) is 8.77. The van der Waals surface area contributed by atoms with Gasteiger partial charge in [-0.2, -0.15) is 0 Å². The van der Waals surface area contributed by atoms with Crippen molar-refractivity contribution in [3.05, 3.63) is 107 Å². The maximum Gasteiger partial charge on any atom is 0.331 e. The molecule has 1 atom stereocenters. The Labute approximate surface area is 210 Å². The van der Waals surface area contributed by atoms with E-state index in [-0.39, 0.29) is 5.97 Å². The van der Waals surface area contributed by atoms with Crippen molar-refractivity contribution in [2.45, 2.75) is 52.6 Å². The number of carbonyl (C=O) groups excluding carboxylic acids is 1. The second kappa shape index (κ2) is 14.2. The summed E-state index contributed by atoms with van der Waals surface area (Å²) in [6.45, 7) is 9.78. The number of ether oxygens (including phenoxy) is 1. The predicted octanol–water partition coefficient (Wildman–Crippen LogP) is 6.32. The number of rotatable bonds is 13. The first-order chi connectivity index (χ1) is 17.1. The van der Waals surface area contributed by atoms with Crippen LogP contribution in [0.25, 0.3) is 0 Å². The molecule has 0 bridgehead atoms. The van der Waals surface area contributed by atoms with E-state index in [1.807, 2.05) is 67.6 Å². The average Bonchev–Trinajstić information content (AvgIpc) is 2.89. The Morgan fingerprint density at radius 1 is 0.771 bits per heavy atom. The van der Waals surface area contributed by atoms with Crippen molar-refractivity contribution < 1.29 is 9.53 Å². The van der Waals surface area contributed by atoms with Crippen LogP contribution in [0.15, 0.2) is 89.9 Å². The van der Waals surface area contributed by atoms with E-state index in [0.29, 0.717) is 13.0 Å². The van der Waals surface area contributed by atoms with Crippen molar-refractivity contribution in [3.63, 3.8) is 0 Å². The van der Waals surface area contributed by atoms with Crippen molar-refractivity contribution in [1.82, 2.24) is 4.90 Å². The van der Waals surface area contributed by atoms with Crippen LogP contribution < -0.4 is 0 Å². The van der Waals surface area contributed by atoms with Crippen LogP contribution in [0.4, 0.5) is 0 Å². The number of benzene rings is 3. The third-order valence-electron chi connectivity index (χ3n) is 5.88. The Morgan fingerprint density at radius 2 is 1.29 bits per heavy atom. The molecular formula is C31H38N2O2. The van der Waals surface area contributed by atoms with Gasteiger partial charge in [-0.1, -0.05) is 98.8 Å². The summed E-state index contributed by atoms with van der Waals surface area (Å²) in [4.78, 5) is 20.4. The summed E-state index contributed by atoms with van der Waals surface area (Å²) < 4.78 is 5.43. The Morgan fingerprint density at radius 3 is 1.77 bits per heavy atom. The Hall–Kier alpha value is -3.24. The molecule has 0 radical (unpaired) electrons. The molecule has 0 saturated heterocycles.